The number of hydrogen-bond acceptors (Lipinski definition) is 5. The molecule has 1 heterocycles. The highest BCUT2D eigenvalue weighted by atomic mass is 32.2. The lowest BCUT2D eigenvalue weighted by atomic mass is 10.2. The number of benzene rings is 1. The summed E-state index contributed by atoms with van der Waals surface area (Å²) in [7, 11) is -3.56. The largest absolute Gasteiger partial charge is 0.463 e. The van der Waals surface area contributed by atoms with Crippen LogP contribution in [0.3, 0.4) is 0 Å². The number of carbonyl (C=O) groups excluding carboxylic acids is 1. The predicted molar refractivity (Wildman–Crippen MR) is 92.0 cm³/mol. The minimum Gasteiger partial charge on any atom is -0.463 e. The van der Waals surface area contributed by atoms with E-state index in [1.807, 2.05) is 6.92 Å². The standard InChI is InChI=1S/C16H17NO4S2/c1-3-21-15(18)10-7-13-5-8-14(9-6-13)17-23(19,20)16-11-4-12(2)22-16/h4-11,17H,3H2,1-2H3/b10-7+. The third kappa shape index (κ3) is 4.94. The van der Waals surface area contributed by atoms with Crippen molar-refractivity contribution in [3.8, 4) is 0 Å². The molecule has 0 atom stereocenters. The fraction of sp³-hybridized carbons (Fsp3) is 0.188. The topological polar surface area (TPSA) is 72.5 Å². The molecule has 0 spiro atoms. The molecule has 0 unspecified atom stereocenters. The van der Waals surface area contributed by atoms with Crippen molar-refractivity contribution in [3.63, 3.8) is 0 Å². The molecule has 0 aliphatic heterocycles. The molecule has 1 aromatic heterocycles. The Balaban J connectivity index is 2.07. The van der Waals surface area contributed by atoms with Crippen LogP contribution < -0.4 is 4.72 Å². The van der Waals surface area contributed by atoms with Crippen LogP contribution in [0.15, 0.2) is 46.7 Å². The Kier molecular flexibility index (Phi) is 5.57. The van der Waals surface area contributed by atoms with Gasteiger partial charge in [-0.1, -0.05) is 12.1 Å². The molecule has 0 fully saturated rings. The molecule has 0 saturated carbocycles. The summed E-state index contributed by atoms with van der Waals surface area (Å²) in [5.41, 5.74) is 1.23. The molecule has 0 saturated heterocycles. The number of sulfonamides is 1. The van der Waals surface area contributed by atoms with Gasteiger partial charge in [0.05, 0.1) is 6.61 Å². The molecule has 5 nitrogen and oxygen atoms in total. The minimum absolute atomic E-state index is 0.279. The molecule has 0 aliphatic rings. The van der Waals surface area contributed by atoms with Gasteiger partial charge in [0.1, 0.15) is 4.21 Å². The first-order chi connectivity index (χ1) is 10.9. The first-order valence-corrected chi connectivity index (χ1v) is 9.25. The third-order valence-electron chi connectivity index (χ3n) is 2.84. The molecule has 0 aliphatic carbocycles. The summed E-state index contributed by atoms with van der Waals surface area (Å²) in [5, 5.41) is 0. The number of rotatable bonds is 6. The number of carbonyl (C=O) groups is 1. The van der Waals surface area contributed by atoms with E-state index in [-0.39, 0.29) is 4.21 Å². The van der Waals surface area contributed by atoms with E-state index in [0.717, 1.165) is 10.4 Å². The van der Waals surface area contributed by atoms with Crippen molar-refractivity contribution in [1.29, 1.82) is 0 Å². The van der Waals surface area contributed by atoms with Crippen molar-refractivity contribution in [2.24, 2.45) is 0 Å². The van der Waals surface area contributed by atoms with Gasteiger partial charge < -0.3 is 4.74 Å². The predicted octanol–water partition coefficient (Wildman–Crippen LogP) is 3.43. The molecule has 1 N–H and O–H groups in total. The van der Waals surface area contributed by atoms with Gasteiger partial charge in [0, 0.05) is 16.6 Å². The SMILES string of the molecule is CCOC(=O)/C=C/c1ccc(NS(=O)(=O)c2ccc(C)s2)cc1. The lowest BCUT2D eigenvalue weighted by Gasteiger charge is -2.06. The number of thiophene rings is 1. The molecule has 7 heteroatoms. The lowest BCUT2D eigenvalue weighted by molar-refractivity contribution is -0.137. The molecule has 122 valence electrons. The van der Waals surface area contributed by atoms with Gasteiger partial charge in [0.2, 0.25) is 0 Å². The highest BCUT2D eigenvalue weighted by Gasteiger charge is 2.15. The van der Waals surface area contributed by atoms with E-state index in [1.165, 1.54) is 17.4 Å². The van der Waals surface area contributed by atoms with Crippen molar-refractivity contribution < 1.29 is 17.9 Å². The molecular formula is C16H17NO4S2. The zero-order valence-electron chi connectivity index (χ0n) is 12.8. The van der Waals surface area contributed by atoms with Crippen LogP contribution in [0.1, 0.15) is 17.4 Å². The normalized spacial score (nSPS) is 11.6. The van der Waals surface area contributed by atoms with Crippen LogP contribution in [-0.2, 0) is 19.6 Å². The van der Waals surface area contributed by atoms with Crippen molar-refractivity contribution in [1.82, 2.24) is 0 Å². The van der Waals surface area contributed by atoms with E-state index in [4.69, 9.17) is 4.74 Å². The average Bonchev–Trinajstić information content (AvgIpc) is 2.94. The van der Waals surface area contributed by atoms with E-state index < -0.39 is 16.0 Å². The van der Waals surface area contributed by atoms with Gasteiger partial charge >= 0.3 is 5.97 Å². The van der Waals surface area contributed by atoms with Crippen LogP contribution in [-0.4, -0.2) is 21.0 Å². The first kappa shape index (κ1) is 17.2. The summed E-state index contributed by atoms with van der Waals surface area (Å²) in [5.74, 6) is -0.412. The Labute approximate surface area is 139 Å². The maximum absolute atomic E-state index is 12.2. The van der Waals surface area contributed by atoms with Crippen LogP contribution in [0.2, 0.25) is 0 Å². The van der Waals surface area contributed by atoms with Crippen molar-refractivity contribution in [2.75, 3.05) is 11.3 Å². The summed E-state index contributed by atoms with van der Waals surface area (Å²) in [6, 6.07) is 10.1. The van der Waals surface area contributed by atoms with Gasteiger partial charge in [0.15, 0.2) is 0 Å². The second-order valence-electron chi connectivity index (χ2n) is 4.68. The van der Waals surface area contributed by atoms with Gasteiger partial charge in [-0.05, 0) is 49.8 Å². The fourth-order valence-electron chi connectivity index (χ4n) is 1.78. The fourth-order valence-corrected chi connectivity index (χ4v) is 4.12. The number of hydrogen-bond donors (Lipinski definition) is 1. The molecule has 2 aromatic rings. The van der Waals surface area contributed by atoms with Gasteiger partial charge in [-0.2, -0.15) is 0 Å². The lowest BCUT2D eigenvalue weighted by Crippen LogP contribution is -2.11. The summed E-state index contributed by atoms with van der Waals surface area (Å²) >= 11 is 1.22. The maximum atomic E-state index is 12.2. The van der Waals surface area contributed by atoms with Crippen molar-refractivity contribution >= 4 is 39.1 Å². The Morgan fingerprint density at radius 3 is 2.48 bits per heavy atom. The summed E-state index contributed by atoms with van der Waals surface area (Å²) in [6.45, 7) is 3.92. The maximum Gasteiger partial charge on any atom is 0.330 e. The van der Waals surface area contributed by atoms with Crippen LogP contribution in [0.25, 0.3) is 6.08 Å². The van der Waals surface area contributed by atoms with E-state index in [2.05, 4.69) is 4.72 Å². The summed E-state index contributed by atoms with van der Waals surface area (Å²) in [6.07, 6.45) is 2.94. The monoisotopic (exact) mass is 351 g/mol. The highest BCUT2D eigenvalue weighted by molar-refractivity contribution is 7.94. The molecule has 0 amide bonds. The smallest absolute Gasteiger partial charge is 0.330 e. The van der Waals surface area contributed by atoms with E-state index in [0.29, 0.717) is 12.3 Å². The van der Waals surface area contributed by atoms with Crippen LogP contribution in [0.4, 0.5) is 5.69 Å². The Hall–Kier alpha value is -2.12. The zero-order valence-corrected chi connectivity index (χ0v) is 14.4. The summed E-state index contributed by atoms with van der Waals surface area (Å²) in [4.78, 5) is 12.2. The minimum atomic E-state index is -3.56. The molecular weight excluding hydrogens is 334 g/mol. The van der Waals surface area contributed by atoms with Gasteiger partial charge in [-0.3, -0.25) is 4.72 Å². The van der Waals surface area contributed by atoms with E-state index >= 15 is 0 Å². The molecule has 2 rings (SSSR count). The quantitative estimate of drug-likeness (QED) is 0.639. The molecule has 0 bridgehead atoms. The Bertz CT molecular complexity index is 805. The highest BCUT2D eigenvalue weighted by Crippen LogP contribution is 2.23. The van der Waals surface area contributed by atoms with Crippen LogP contribution in [0, 0.1) is 6.92 Å². The third-order valence-corrected chi connectivity index (χ3v) is 5.72. The van der Waals surface area contributed by atoms with Gasteiger partial charge in [-0.25, -0.2) is 13.2 Å². The number of esters is 1. The molecule has 23 heavy (non-hydrogen) atoms. The Morgan fingerprint density at radius 1 is 1.22 bits per heavy atom. The van der Waals surface area contributed by atoms with E-state index in [1.54, 1.807) is 49.4 Å². The molecule has 1 aromatic carbocycles. The van der Waals surface area contributed by atoms with Crippen molar-refractivity contribution in [2.45, 2.75) is 18.1 Å². The second-order valence-corrected chi connectivity index (χ2v) is 7.88. The van der Waals surface area contributed by atoms with Crippen LogP contribution >= 0.6 is 11.3 Å². The van der Waals surface area contributed by atoms with E-state index in [9.17, 15) is 13.2 Å². The first-order valence-electron chi connectivity index (χ1n) is 6.95. The van der Waals surface area contributed by atoms with Gasteiger partial charge in [-0.15, -0.1) is 11.3 Å². The van der Waals surface area contributed by atoms with Crippen molar-refractivity contribution in [3.05, 3.63) is 52.9 Å². The second kappa shape index (κ2) is 7.43. The number of anilines is 1. The number of ether oxygens (including phenoxy) is 1. The molecule has 0 radical (unpaired) electrons. The number of nitrogens with one attached hydrogen (secondary N) is 1. The zero-order chi connectivity index (χ0) is 16.9. The summed E-state index contributed by atoms with van der Waals surface area (Å²) < 4.78 is 32.0. The van der Waals surface area contributed by atoms with Gasteiger partial charge in [0.25, 0.3) is 10.0 Å². The Morgan fingerprint density at radius 2 is 1.91 bits per heavy atom. The average molecular weight is 351 g/mol. The number of aryl methyl sites for hydroxylation is 1. The van der Waals surface area contributed by atoms with Crippen LogP contribution in [0.5, 0.6) is 0 Å².